The number of amides is 3. The van der Waals surface area contributed by atoms with Crippen LogP contribution in [-0.4, -0.2) is 36.7 Å². The van der Waals surface area contributed by atoms with E-state index >= 15 is 0 Å². The van der Waals surface area contributed by atoms with E-state index in [0.717, 1.165) is 61.8 Å². The summed E-state index contributed by atoms with van der Waals surface area (Å²) in [5, 5.41) is 9.01. The van der Waals surface area contributed by atoms with Crippen LogP contribution < -0.4 is 15.4 Å². The van der Waals surface area contributed by atoms with Crippen molar-refractivity contribution in [3.05, 3.63) is 40.1 Å². The molecule has 0 saturated heterocycles. The summed E-state index contributed by atoms with van der Waals surface area (Å²) >= 11 is 0. The lowest BCUT2D eigenvalue weighted by molar-refractivity contribution is 0.0944. The monoisotopic (exact) mass is 445 g/mol. The number of carbonyl (C=O) groups is 2. The largest absolute Gasteiger partial charge is 0.351 e. The van der Waals surface area contributed by atoms with Crippen LogP contribution in [0, 0.1) is 0 Å². The molecule has 0 saturated carbocycles. The van der Waals surface area contributed by atoms with Crippen molar-refractivity contribution in [2.45, 2.75) is 56.9 Å². The number of nitrogens with one attached hydrogen (secondary N) is 3. The maximum absolute atomic E-state index is 12.7. The molecule has 2 aliphatic rings. The molecule has 10 heteroatoms. The predicted octanol–water partition coefficient (Wildman–Crippen LogP) is 2.05. The Balaban J connectivity index is 1.53. The van der Waals surface area contributed by atoms with Gasteiger partial charge in [-0.3, -0.25) is 9.48 Å². The number of sulfonamides is 1. The summed E-state index contributed by atoms with van der Waals surface area (Å²) in [6.45, 7) is 2.39. The second-order valence-corrected chi connectivity index (χ2v) is 9.67. The van der Waals surface area contributed by atoms with Crippen molar-refractivity contribution in [1.29, 1.82) is 0 Å². The van der Waals surface area contributed by atoms with Gasteiger partial charge < -0.3 is 10.6 Å². The molecule has 1 aromatic heterocycles. The molecular weight excluding hydrogens is 418 g/mol. The number of nitrogens with zero attached hydrogens (tertiary/aromatic N) is 2. The van der Waals surface area contributed by atoms with Crippen LogP contribution in [0.25, 0.3) is 0 Å². The van der Waals surface area contributed by atoms with Crippen LogP contribution in [0.4, 0.5) is 10.5 Å². The molecule has 0 bridgehead atoms. The van der Waals surface area contributed by atoms with Gasteiger partial charge in [-0.2, -0.15) is 13.5 Å². The first-order valence-electron chi connectivity index (χ1n) is 10.6. The number of benzene rings is 1. The maximum atomic E-state index is 12.7. The van der Waals surface area contributed by atoms with Gasteiger partial charge in [-0.25, -0.2) is 9.52 Å². The van der Waals surface area contributed by atoms with E-state index in [1.807, 2.05) is 11.6 Å². The lowest BCUT2D eigenvalue weighted by Gasteiger charge is -2.16. The Morgan fingerprint density at radius 3 is 2.32 bits per heavy atom. The van der Waals surface area contributed by atoms with Crippen molar-refractivity contribution in [3.63, 3.8) is 0 Å². The van der Waals surface area contributed by atoms with Gasteiger partial charge in [-0.1, -0.05) is 13.0 Å². The lowest BCUT2D eigenvalue weighted by atomic mass is 9.99. The number of hydrogen-bond acceptors (Lipinski definition) is 5. The molecule has 3 N–H and O–H groups in total. The Labute approximate surface area is 181 Å². The summed E-state index contributed by atoms with van der Waals surface area (Å²) in [4.78, 5) is 24.8. The number of aryl methyl sites for hydroxylation is 3. The van der Waals surface area contributed by atoms with Crippen LogP contribution >= 0.6 is 0 Å². The molecule has 166 valence electrons. The van der Waals surface area contributed by atoms with E-state index in [0.29, 0.717) is 6.54 Å². The summed E-state index contributed by atoms with van der Waals surface area (Å²) in [6, 6.07) is 2.58. The molecule has 2 aromatic rings. The third-order valence-corrected chi connectivity index (χ3v) is 7.04. The summed E-state index contributed by atoms with van der Waals surface area (Å²) in [7, 11) is -2.75. The topological polar surface area (TPSA) is 122 Å². The minimum atomic E-state index is -4.24. The second kappa shape index (κ2) is 8.33. The highest BCUT2D eigenvalue weighted by Crippen LogP contribution is 2.38. The minimum Gasteiger partial charge on any atom is -0.351 e. The summed E-state index contributed by atoms with van der Waals surface area (Å²) < 4.78 is 28.7. The van der Waals surface area contributed by atoms with E-state index in [4.69, 9.17) is 0 Å². The van der Waals surface area contributed by atoms with Crippen molar-refractivity contribution >= 4 is 27.6 Å². The van der Waals surface area contributed by atoms with Crippen molar-refractivity contribution < 1.29 is 18.0 Å². The molecule has 1 aromatic carbocycles. The zero-order chi connectivity index (χ0) is 22.2. The highest BCUT2D eigenvalue weighted by atomic mass is 32.2. The van der Waals surface area contributed by atoms with E-state index in [2.05, 4.69) is 21.8 Å². The maximum Gasteiger partial charge on any atom is 0.333 e. The molecule has 31 heavy (non-hydrogen) atoms. The van der Waals surface area contributed by atoms with E-state index in [1.165, 1.54) is 28.9 Å². The Kier molecular flexibility index (Phi) is 5.74. The Morgan fingerprint density at radius 1 is 1.06 bits per heavy atom. The average Bonchev–Trinajstić information content (AvgIpc) is 3.44. The molecule has 3 amide bonds. The van der Waals surface area contributed by atoms with E-state index in [9.17, 15) is 18.0 Å². The smallest absolute Gasteiger partial charge is 0.333 e. The van der Waals surface area contributed by atoms with Crippen molar-refractivity contribution in [3.8, 4) is 0 Å². The molecule has 0 atom stereocenters. The fraction of sp³-hybridized carbons (Fsp3) is 0.476. The Morgan fingerprint density at radius 2 is 1.71 bits per heavy atom. The first-order valence-corrected chi connectivity index (χ1v) is 12.1. The van der Waals surface area contributed by atoms with Gasteiger partial charge in [0.05, 0.1) is 0 Å². The first-order chi connectivity index (χ1) is 14.8. The second-order valence-electron chi connectivity index (χ2n) is 8.04. The van der Waals surface area contributed by atoms with Crippen LogP contribution in [0.15, 0.2) is 17.2 Å². The summed E-state index contributed by atoms with van der Waals surface area (Å²) in [5.74, 6) is -0.418. The Bertz CT molecular complexity index is 1120. The van der Waals surface area contributed by atoms with Gasteiger partial charge in [0.2, 0.25) is 0 Å². The van der Waals surface area contributed by atoms with E-state index < -0.39 is 22.0 Å². The van der Waals surface area contributed by atoms with Crippen molar-refractivity contribution in [2.75, 3.05) is 11.9 Å². The molecule has 0 unspecified atom stereocenters. The minimum absolute atomic E-state index is 0.105. The number of fused-ring (bicyclic) bond motifs is 2. The van der Waals surface area contributed by atoms with Gasteiger partial charge in [0.1, 0.15) is 5.69 Å². The highest BCUT2D eigenvalue weighted by Gasteiger charge is 2.28. The quantitative estimate of drug-likeness (QED) is 0.628. The normalized spacial score (nSPS) is 14.8. The molecule has 2 aliphatic carbocycles. The van der Waals surface area contributed by atoms with Gasteiger partial charge >= 0.3 is 6.03 Å². The van der Waals surface area contributed by atoms with Crippen molar-refractivity contribution in [1.82, 2.24) is 19.8 Å². The van der Waals surface area contributed by atoms with Crippen LogP contribution in [0.1, 0.15) is 58.9 Å². The van der Waals surface area contributed by atoms with E-state index in [-0.39, 0.29) is 10.7 Å². The first kappa shape index (κ1) is 21.4. The fourth-order valence-corrected chi connectivity index (χ4v) is 5.29. The molecule has 0 fully saturated rings. The molecule has 0 radical (unpaired) electrons. The molecule has 0 spiro atoms. The van der Waals surface area contributed by atoms with Crippen LogP contribution in [0.5, 0.6) is 0 Å². The lowest BCUT2D eigenvalue weighted by Crippen LogP contribution is -2.35. The Hall–Kier alpha value is -2.88. The molecular formula is C21H27N5O4S. The zero-order valence-corrected chi connectivity index (χ0v) is 18.6. The van der Waals surface area contributed by atoms with Gasteiger partial charge in [0, 0.05) is 25.3 Å². The van der Waals surface area contributed by atoms with E-state index in [1.54, 1.807) is 0 Å². The molecule has 0 aliphatic heterocycles. The standard InChI is InChI=1S/C21H27N5O4S/c1-3-10-22-20(27)17-12-18(24-26(17)2)31(29,30)25-21(28)23-19-15-8-4-6-13(15)11-14-7-5-9-16(14)19/h11-12H,3-10H2,1-2H3,(H,22,27)(H2,23,25,28). The zero-order valence-electron chi connectivity index (χ0n) is 17.7. The third-order valence-electron chi connectivity index (χ3n) is 5.84. The number of aromatic nitrogens is 2. The van der Waals surface area contributed by atoms with Crippen LogP contribution in [0.2, 0.25) is 0 Å². The van der Waals surface area contributed by atoms with Gasteiger partial charge in [0.15, 0.2) is 5.03 Å². The van der Waals surface area contributed by atoms with Gasteiger partial charge in [-0.05, 0) is 67.2 Å². The van der Waals surface area contributed by atoms with Crippen LogP contribution in [-0.2, 0) is 42.8 Å². The third kappa shape index (κ3) is 4.16. The van der Waals surface area contributed by atoms with Crippen LogP contribution in [0.3, 0.4) is 0 Å². The molecule has 9 nitrogen and oxygen atoms in total. The molecule has 4 rings (SSSR count). The fourth-order valence-electron chi connectivity index (χ4n) is 4.39. The molecule has 1 heterocycles. The SMILES string of the molecule is CCCNC(=O)c1cc(S(=O)(=O)NC(=O)Nc2c3c(cc4c2CCC4)CCC3)nn1C. The number of urea groups is 1. The number of anilines is 1. The predicted molar refractivity (Wildman–Crippen MR) is 116 cm³/mol. The van der Waals surface area contributed by atoms with Crippen molar-refractivity contribution in [2.24, 2.45) is 7.05 Å². The average molecular weight is 446 g/mol. The number of rotatable bonds is 6. The number of hydrogen-bond donors (Lipinski definition) is 3. The summed E-state index contributed by atoms with van der Waals surface area (Å²) in [5.41, 5.74) is 5.57. The summed E-state index contributed by atoms with van der Waals surface area (Å²) in [6.07, 6.45) is 6.53. The van der Waals surface area contributed by atoms with Gasteiger partial charge in [0.25, 0.3) is 15.9 Å². The number of carbonyl (C=O) groups excluding carboxylic acids is 2. The van der Waals surface area contributed by atoms with Gasteiger partial charge in [-0.15, -0.1) is 0 Å². The highest BCUT2D eigenvalue weighted by molar-refractivity contribution is 7.90.